The highest BCUT2D eigenvalue weighted by molar-refractivity contribution is 7.71. The highest BCUT2D eigenvalue weighted by Crippen LogP contribution is 2.18. The van der Waals surface area contributed by atoms with Crippen molar-refractivity contribution >= 4 is 12.2 Å². The third-order valence-corrected chi connectivity index (χ3v) is 3.70. The Morgan fingerprint density at radius 1 is 1.30 bits per heavy atom. The second kappa shape index (κ2) is 6.76. The molecule has 0 saturated heterocycles. The lowest BCUT2D eigenvalue weighted by Gasteiger charge is -2.18. The number of rotatable bonds is 5. The molecule has 2 aromatic rings. The van der Waals surface area contributed by atoms with Crippen molar-refractivity contribution in [2.45, 2.75) is 39.5 Å². The average molecular weight is 339 g/mol. The number of aromatic nitrogens is 4. The largest absolute Gasteiger partial charge is 0.494 e. The molecule has 0 fully saturated rings. The summed E-state index contributed by atoms with van der Waals surface area (Å²) in [5, 5.41) is 8.20. The fourth-order valence-electron chi connectivity index (χ4n) is 2.18. The number of tetrazole rings is 1. The first-order valence-corrected chi connectivity index (χ1v) is 7.67. The number of methoxy groups -OCH3 is 1. The molecule has 2 rings (SSSR count). The van der Waals surface area contributed by atoms with Gasteiger partial charge in [0.25, 0.3) is 0 Å². The topological polar surface area (TPSA) is 48.1 Å². The van der Waals surface area contributed by atoms with Crippen LogP contribution < -0.4 is 4.74 Å². The Morgan fingerprint density at radius 3 is 2.52 bits per heavy atom. The van der Waals surface area contributed by atoms with E-state index in [9.17, 15) is 4.39 Å². The molecule has 0 radical (unpaired) electrons. The summed E-state index contributed by atoms with van der Waals surface area (Å²) in [4.78, 5) is 1.98. The summed E-state index contributed by atoms with van der Waals surface area (Å²) >= 11 is 5.41. The van der Waals surface area contributed by atoms with Crippen LogP contribution in [-0.2, 0) is 18.8 Å². The molecule has 0 aliphatic carbocycles. The summed E-state index contributed by atoms with van der Waals surface area (Å²) in [6.45, 7) is 7.09. The van der Waals surface area contributed by atoms with Gasteiger partial charge in [-0.05, 0) is 68.2 Å². The van der Waals surface area contributed by atoms with Crippen molar-refractivity contribution in [1.82, 2.24) is 24.7 Å². The molecule has 0 unspecified atom stereocenters. The molecule has 8 heteroatoms. The summed E-state index contributed by atoms with van der Waals surface area (Å²) in [5.74, 6) is -0.125. The molecule has 23 heavy (non-hydrogen) atoms. The summed E-state index contributed by atoms with van der Waals surface area (Å²) in [5.41, 5.74) is 0.632. The zero-order chi connectivity index (χ0) is 17.2. The number of benzene rings is 1. The lowest BCUT2D eigenvalue weighted by molar-refractivity contribution is 0.241. The van der Waals surface area contributed by atoms with E-state index in [0.29, 0.717) is 18.0 Å². The van der Waals surface area contributed by atoms with Crippen LogP contribution in [0.2, 0.25) is 0 Å². The Bertz CT molecular complexity index is 734. The van der Waals surface area contributed by atoms with Gasteiger partial charge in [-0.2, -0.15) is 0 Å². The van der Waals surface area contributed by atoms with E-state index in [1.54, 1.807) is 15.4 Å². The summed E-state index contributed by atoms with van der Waals surface area (Å²) in [6, 6.07) is 4.93. The second-order valence-corrected chi connectivity index (χ2v) is 6.83. The third-order valence-electron chi connectivity index (χ3n) is 3.32. The molecule has 0 saturated carbocycles. The first kappa shape index (κ1) is 17.6. The zero-order valence-corrected chi connectivity index (χ0v) is 14.9. The second-order valence-electron chi connectivity index (χ2n) is 6.47. The molecular weight excluding hydrogens is 317 g/mol. The Morgan fingerprint density at radius 2 is 2.00 bits per heavy atom. The highest BCUT2D eigenvalue weighted by atomic mass is 32.1. The maximum absolute atomic E-state index is 13.7. The van der Waals surface area contributed by atoms with Gasteiger partial charge < -0.3 is 4.74 Å². The van der Waals surface area contributed by atoms with Crippen LogP contribution in [0.1, 0.15) is 26.3 Å². The van der Waals surface area contributed by atoms with E-state index < -0.39 is 0 Å². The third kappa shape index (κ3) is 4.14. The number of nitrogens with zero attached hydrogens (tertiary/aromatic N) is 5. The summed E-state index contributed by atoms with van der Waals surface area (Å²) in [6.07, 6.45) is 0. The van der Waals surface area contributed by atoms with Gasteiger partial charge in [-0.25, -0.2) is 13.8 Å². The molecule has 1 aromatic carbocycles. The van der Waals surface area contributed by atoms with E-state index in [1.165, 1.54) is 13.2 Å². The minimum Gasteiger partial charge on any atom is -0.494 e. The van der Waals surface area contributed by atoms with Crippen molar-refractivity contribution in [3.8, 4) is 5.75 Å². The maximum atomic E-state index is 13.7. The Balaban J connectivity index is 2.08. The lowest BCUT2D eigenvalue weighted by Crippen LogP contribution is -2.25. The normalized spacial score (nSPS) is 12.0. The molecule has 1 aromatic heterocycles. The molecule has 0 atom stereocenters. The van der Waals surface area contributed by atoms with Crippen molar-refractivity contribution in [3.05, 3.63) is 34.4 Å². The van der Waals surface area contributed by atoms with E-state index in [1.807, 2.05) is 38.8 Å². The van der Waals surface area contributed by atoms with Gasteiger partial charge in [0.1, 0.15) is 0 Å². The predicted octanol–water partition coefficient (Wildman–Crippen LogP) is 2.80. The van der Waals surface area contributed by atoms with Gasteiger partial charge in [0.15, 0.2) is 11.6 Å². The fourth-order valence-corrected chi connectivity index (χ4v) is 2.59. The molecule has 126 valence electrons. The molecule has 0 aliphatic heterocycles. The number of hydrogen-bond acceptors (Lipinski definition) is 5. The smallest absolute Gasteiger partial charge is 0.217 e. The van der Waals surface area contributed by atoms with Gasteiger partial charge in [0.2, 0.25) is 4.77 Å². The van der Waals surface area contributed by atoms with Crippen LogP contribution in [0.4, 0.5) is 4.39 Å². The van der Waals surface area contributed by atoms with Crippen LogP contribution in [0.15, 0.2) is 18.2 Å². The van der Waals surface area contributed by atoms with E-state index >= 15 is 0 Å². The summed E-state index contributed by atoms with van der Waals surface area (Å²) in [7, 11) is 3.37. The molecule has 0 spiro atoms. The molecular formula is C15H22FN5OS. The standard InChI is InChI=1S/C15H22FN5OS/c1-15(2,3)21-14(23)20(17-18-21)10-19(4)9-11-6-7-13(22-5)12(16)8-11/h6-8H,9-10H2,1-5H3. The molecule has 6 nitrogen and oxygen atoms in total. The number of ether oxygens (including phenoxy) is 1. The van der Waals surface area contributed by atoms with Crippen LogP contribution >= 0.6 is 12.2 Å². The quantitative estimate of drug-likeness (QED) is 0.784. The van der Waals surface area contributed by atoms with Crippen molar-refractivity contribution in [3.63, 3.8) is 0 Å². The number of hydrogen-bond donors (Lipinski definition) is 0. The average Bonchev–Trinajstić information content (AvgIpc) is 2.80. The van der Waals surface area contributed by atoms with Crippen molar-refractivity contribution in [2.24, 2.45) is 0 Å². The lowest BCUT2D eigenvalue weighted by atomic mass is 10.1. The monoisotopic (exact) mass is 339 g/mol. The number of halogens is 1. The van der Waals surface area contributed by atoms with Crippen LogP contribution in [0.3, 0.4) is 0 Å². The van der Waals surface area contributed by atoms with E-state index in [-0.39, 0.29) is 17.1 Å². The van der Waals surface area contributed by atoms with Gasteiger partial charge in [-0.1, -0.05) is 6.07 Å². The zero-order valence-electron chi connectivity index (χ0n) is 14.1. The highest BCUT2D eigenvalue weighted by Gasteiger charge is 2.18. The first-order valence-electron chi connectivity index (χ1n) is 7.26. The van der Waals surface area contributed by atoms with Gasteiger partial charge >= 0.3 is 0 Å². The fraction of sp³-hybridized carbons (Fsp3) is 0.533. The maximum Gasteiger partial charge on any atom is 0.217 e. The SMILES string of the molecule is COc1ccc(CN(C)Cn2nnn(C(C)(C)C)c2=S)cc1F. The van der Waals surface area contributed by atoms with Crippen molar-refractivity contribution < 1.29 is 9.13 Å². The Labute approximate surface area is 140 Å². The first-order chi connectivity index (χ1) is 10.7. The minimum absolute atomic E-state index is 0.215. The summed E-state index contributed by atoms with van der Waals surface area (Å²) < 4.78 is 22.6. The van der Waals surface area contributed by atoms with E-state index in [2.05, 4.69) is 10.4 Å². The van der Waals surface area contributed by atoms with Gasteiger partial charge in [-0.3, -0.25) is 4.90 Å². The van der Waals surface area contributed by atoms with Crippen LogP contribution in [0.25, 0.3) is 0 Å². The van der Waals surface area contributed by atoms with Crippen LogP contribution in [-0.4, -0.2) is 38.8 Å². The Kier molecular flexibility index (Phi) is 5.16. The molecule has 0 aliphatic rings. The molecule has 1 heterocycles. The van der Waals surface area contributed by atoms with Crippen molar-refractivity contribution in [1.29, 1.82) is 0 Å². The Hall–Kier alpha value is -1.80. The molecule has 0 N–H and O–H groups in total. The van der Waals surface area contributed by atoms with Gasteiger partial charge in [0, 0.05) is 6.54 Å². The molecule has 0 amide bonds. The molecule has 0 bridgehead atoms. The minimum atomic E-state index is -0.367. The van der Waals surface area contributed by atoms with Crippen molar-refractivity contribution in [2.75, 3.05) is 14.2 Å². The predicted molar refractivity (Wildman–Crippen MR) is 88.3 cm³/mol. The van der Waals surface area contributed by atoms with Crippen LogP contribution in [0, 0.1) is 10.6 Å². The van der Waals surface area contributed by atoms with E-state index in [4.69, 9.17) is 17.0 Å². The van der Waals surface area contributed by atoms with Gasteiger partial charge in [0.05, 0.1) is 19.3 Å². The van der Waals surface area contributed by atoms with E-state index in [0.717, 1.165) is 5.56 Å². The van der Waals surface area contributed by atoms with Crippen LogP contribution in [0.5, 0.6) is 5.75 Å². The van der Waals surface area contributed by atoms with Gasteiger partial charge in [-0.15, -0.1) is 0 Å².